The van der Waals surface area contributed by atoms with Crippen molar-refractivity contribution < 1.29 is 13.2 Å². The Morgan fingerprint density at radius 2 is 1.95 bits per heavy atom. The van der Waals surface area contributed by atoms with Crippen LogP contribution in [0.15, 0.2) is 24.4 Å². The fourth-order valence-corrected chi connectivity index (χ4v) is 2.26. The summed E-state index contributed by atoms with van der Waals surface area (Å²) in [7, 11) is 1.82. The summed E-state index contributed by atoms with van der Waals surface area (Å²) in [5, 5.41) is 3.91. The lowest BCUT2D eigenvalue weighted by atomic mass is 10.1. The van der Waals surface area contributed by atoms with E-state index in [9.17, 15) is 13.2 Å². The quantitative estimate of drug-likeness (QED) is 0.893. The molecule has 2 rings (SSSR count). The van der Waals surface area contributed by atoms with Gasteiger partial charge in [0.1, 0.15) is 0 Å². The first kappa shape index (κ1) is 13.9. The second-order valence-electron chi connectivity index (χ2n) is 4.92. The van der Waals surface area contributed by atoms with E-state index in [-0.39, 0.29) is 6.04 Å². The van der Waals surface area contributed by atoms with Crippen molar-refractivity contribution >= 4 is 10.9 Å². The van der Waals surface area contributed by atoms with Gasteiger partial charge < -0.3 is 9.88 Å². The molecular formula is C14H17F3N2. The van der Waals surface area contributed by atoms with Gasteiger partial charge in [-0.15, -0.1) is 0 Å². The molecule has 0 spiro atoms. The fraction of sp³-hybridized carbons (Fsp3) is 0.429. The standard InChI is InChI=1S/C14H17F3N2/c1-9(2)19-8-10(7-18-3)12-5-4-11(6-13(12)19)14(15,16)17/h4-6,8-9,18H,7H2,1-3H3. The molecule has 104 valence electrons. The van der Waals surface area contributed by atoms with Crippen LogP contribution in [0.2, 0.25) is 0 Å². The van der Waals surface area contributed by atoms with Gasteiger partial charge in [0.25, 0.3) is 0 Å². The third-order valence-electron chi connectivity index (χ3n) is 3.17. The van der Waals surface area contributed by atoms with Crippen molar-refractivity contribution in [2.45, 2.75) is 32.6 Å². The highest BCUT2D eigenvalue weighted by molar-refractivity contribution is 5.85. The molecule has 0 radical (unpaired) electrons. The fourth-order valence-electron chi connectivity index (χ4n) is 2.26. The van der Waals surface area contributed by atoms with Crippen LogP contribution in [0.1, 0.15) is 31.0 Å². The highest BCUT2D eigenvalue weighted by atomic mass is 19.4. The Labute approximate surface area is 110 Å². The predicted octanol–water partition coefficient (Wildman–Crippen LogP) is 3.96. The molecule has 0 aliphatic rings. The van der Waals surface area contributed by atoms with E-state index in [0.717, 1.165) is 17.0 Å². The van der Waals surface area contributed by atoms with Gasteiger partial charge in [-0.25, -0.2) is 0 Å². The molecule has 0 bridgehead atoms. The van der Waals surface area contributed by atoms with Crippen molar-refractivity contribution in [3.63, 3.8) is 0 Å². The van der Waals surface area contributed by atoms with E-state index in [4.69, 9.17) is 0 Å². The van der Waals surface area contributed by atoms with Gasteiger partial charge in [-0.2, -0.15) is 13.2 Å². The van der Waals surface area contributed by atoms with Crippen molar-refractivity contribution in [3.05, 3.63) is 35.5 Å². The van der Waals surface area contributed by atoms with E-state index in [0.29, 0.717) is 12.1 Å². The summed E-state index contributed by atoms with van der Waals surface area (Å²) in [5.41, 5.74) is 1.05. The lowest BCUT2D eigenvalue weighted by Gasteiger charge is -2.11. The topological polar surface area (TPSA) is 17.0 Å². The Bertz CT molecular complexity index is 582. The van der Waals surface area contributed by atoms with Gasteiger partial charge in [0.15, 0.2) is 0 Å². The molecule has 1 heterocycles. The van der Waals surface area contributed by atoms with E-state index < -0.39 is 11.7 Å². The Morgan fingerprint density at radius 3 is 2.47 bits per heavy atom. The molecule has 0 aliphatic heterocycles. The van der Waals surface area contributed by atoms with Crippen LogP contribution in [0.4, 0.5) is 13.2 Å². The Balaban J connectivity index is 2.66. The number of fused-ring (bicyclic) bond motifs is 1. The van der Waals surface area contributed by atoms with Gasteiger partial charge in [0, 0.05) is 29.7 Å². The monoisotopic (exact) mass is 270 g/mol. The van der Waals surface area contributed by atoms with Crippen LogP contribution in [0.5, 0.6) is 0 Å². The Hall–Kier alpha value is -1.49. The number of hydrogen-bond acceptors (Lipinski definition) is 1. The van der Waals surface area contributed by atoms with Crippen LogP contribution in [0.25, 0.3) is 10.9 Å². The number of hydrogen-bond donors (Lipinski definition) is 1. The molecule has 0 atom stereocenters. The zero-order valence-corrected chi connectivity index (χ0v) is 11.2. The molecule has 5 heteroatoms. The Morgan fingerprint density at radius 1 is 1.26 bits per heavy atom. The second kappa shape index (κ2) is 4.89. The minimum atomic E-state index is -4.30. The first-order chi connectivity index (χ1) is 8.84. The lowest BCUT2D eigenvalue weighted by molar-refractivity contribution is -0.137. The Kier molecular flexibility index (Phi) is 3.58. The minimum absolute atomic E-state index is 0.122. The van der Waals surface area contributed by atoms with E-state index in [1.165, 1.54) is 6.07 Å². The minimum Gasteiger partial charge on any atom is -0.345 e. The maximum atomic E-state index is 12.8. The van der Waals surface area contributed by atoms with Crippen molar-refractivity contribution in [1.29, 1.82) is 0 Å². The van der Waals surface area contributed by atoms with Crippen LogP contribution >= 0.6 is 0 Å². The smallest absolute Gasteiger partial charge is 0.345 e. The number of halogens is 3. The van der Waals surface area contributed by atoms with E-state index >= 15 is 0 Å². The number of alkyl halides is 3. The van der Waals surface area contributed by atoms with Crippen molar-refractivity contribution in [3.8, 4) is 0 Å². The first-order valence-corrected chi connectivity index (χ1v) is 6.20. The molecule has 0 saturated carbocycles. The first-order valence-electron chi connectivity index (χ1n) is 6.20. The van der Waals surface area contributed by atoms with Crippen LogP contribution in [0.3, 0.4) is 0 Å². The number of aromatic nitrogens is 1. The van der Waals surface area contributed by atoms with Gasteiger partial charge >= 0.3 is 6.18 Å². The number of nitrogens with one attached hydrogen (secondary N) is 1. The third-order valence-corrected chi connectivity index (χ3v) is 3.17. The van der Waals surface area contributed by atoms with E-state index in [1.54, 1.807) is 6.07 Å². The predicted molar refractivity (Wildman–Crippen MR) is 70.1 cm³/mol. The summed E-state index contributed by atoms with van der Waals surface area (Å²) in [4.78, 5) is 0. The summed E-state index contributed by atoms with van der Waals surface area (Å²) >= 11 is 0. The summed E-state index contributed by atoms with van der Waals surface area (Å²) in [6, 6.07) is 4.06. The lowest BCUT2D eigenvalue weighted by Crippen LogP contribution is -2.05. The van der Waals surface area contributed by atoms with E-state index in [1.807, 2.05) is 31.7 Å². The SMILES string of the molecule is CNCc1cn(C(C)C)c2cc(C(F)(F)F)ccc12. The largest absolute Gasteiger partial charge is 0.416 e. The number of rotatable bonds is 3. The molecule has 1 aromatic carbocycles. The summed E-state index contributed by atoms with van der Waals surface area (Å²) < 4.78 is 40.2. The molecule has 0 saturated heterocycles. The zero-order chi connectivity index (χ0) is 14.2. The maximum Gasteiger partial charge on any atom is 0.416 e. The molecule has 1 aromatic heterocycles. The van der Waals surface area contributed by atoms with Gasteiger partial charge in [-0.05, 0) is 38.6 Å². The van der Waals surface area contributed by atoms with Crippen molar-refractivity contribution in [2.75, 3.05) is 7.05 Å². The number of nitrogens with zero attached hydrogens (tertiary/aromatic N) is 1. The summed E-state index contributed by atoms with van der Waals surface area (Å²) in [6.45, 7) is 4.56. The van der Waals surface area contributed by atoms with E-state index in [2.05, 4.69) is 5.32 Å². The van der Waals surface area contributed by atoms with Crippen LogP contribution < -0.4 is 5.32 Å². The average Bonchev–Trinajstić information content (AvgIpc) is 2.67. The second-order valence-corrected chi connectivity index (χ2v) is 4.92. The zero-order valence-electron chi connectivity index (χ0n) is 11.2. The molecule has 0 fully saturated rings. The molecule has 0 unspecified atom stereocenters. The molecule has 19 heavy (non-hydrogen) atoms. The average molecular weight is 270 g/mol. The molecule has 0 amide bonds. The highest BCUT2D eigenvalue weighted by Gasteiger charge is 2.31. The summed E-state index contributed by atoms with van der Waals surface area (Å²) in [5.74, 6) is 0. The number of benzene rings is 1. The molecule has 2 nitrogen and oxygen atoms in total. The normalized spacial score (nSPS) is 12.6. The maximum absolute atomic E-state index is 12.8. The molecule has 0 aliphatic carbocycles. The highest BCUT2D eigenvalue weighted by Crippen LogP contribution is 2.33. The summed E-state index contributed by atoms with van der Waals surface area (Å²) in [6.07, 6.45) is -2.38. The van der Waals surface area contributed by atoms with Crippen molar-refractivity contribution in [2.24, 2.45) is 0 Å². The molecule has 1 N–H and O–H groups in total. The van der Waals surface area contributed by atoms with Gasteiger partial charge in [0.2, 0.25) is 0 Å². The van der Waals surface area contributed by atoms with Gasteiger partial charge in [0.05, 0.1) is 5.56 Å². The van der Waals surface area contributed by atoms with Crippen LogP contribution in [-0.2, 0) is 12.7 Å². The van der Waals surface area contributed by atoms with Gasteiger partial charge in [-0.3, -0.25) is 0 Å². The van der Waals surface area contributed by atoms with Crippen molar-refractivity contribution in [1.82, 2.24) is 9.88 Å². The van der Waals surface area contributed by atoms with Gasteiger partial charge in [-0.1, -0.05) is 6.07 Å². The van der Waals surface area contributed by atoms with Crippen LogP contribution in [-0.4, -0.2) is 11.6 Å². The third kappa shape index (κ3) is 2.61. The van der Waals surface area contributed by atoms with Crippen LogP contribution in [0, 0.1) is 0 Å². The molecule has 2 aromatic rings. The molecular weight excluding hydrogens is 253 g/mol.